The van der Waals surface area contributed by atoms with Crippen molar-refractivity contribution >= 4 is 22.8 Å². The summed E-state index contributed by atoms with van der Waals surface area (Å²) in [7, 11) is 0. The molecule has 3 aromatic carbocycles. The number of aromatic nitrogens is 3. The maximum absolute atomic E-state index is 14.1. The molecule has 202 valence electrons. The summed E-state index contributed by atoms with van der Waals surface area (Å²) in [6, 6.07) is 19.9. The van der Waals surface area contributed by atoms with Gasteiger partial charge in [0.15, 0.2) is 11.5 Å². The summed E-state index contributed by atoms with van der Waals surface area (Å²) in [6.45, 7) is 7.00. The first-order chi connectivity index (χ1) is 18.9. The van der Waals surface area contributed by atoms with Crippen molar-refractivity contribution < 1.29 is 19.1 Å². The fourth-order valence-corrected chi connectivity index (χ4v) is 4.74. The van der Waals surface area contributed by atoms with E-state index in [4.69, 9.17) is 9.47 Å². The predicted octanol–water partition coefficient (Wildman–Crippen LogP) is 4.40. The lowest BCUT2D eigenvalue weighted by Gasteiger charge is -2.32. The number of rotatable bonds is 10. The van der Waals surface area contributed by atoms with E-state index < -0.39 is 6.04 Å². The van der Waals surface area contributed by atoms with Crippen molar-refractivity contribution in [1.82, 2.24) is 25.2 Å². The molecular formula is C30H33N5O4. The van der Waals surface area contributed by atoms with E-state index in [1.54, 1.807) is 9.58 Å². The number of ether oxygens (including phenoxy) is 2. The Kier molecular flexibility index (Phi) is 7.76. The van der Waals surface area contributed by atoms with E-state index >= 15 is 0 Å². The Morgan fingerprint density at radius 3 is 2.62 bits per heavy atom. The van der Waals surface area contributed by atoms with Gasteiger partial charge in [-0.3, -0.25) is 9.59 Å². The smallest absolute Gasteiger partial charge is 0.247 e. The minimum Gasteiger partial charge on any atom is -0.454 e. The fourth-order valence-electron chi connectivity index (χ4n) is 4.74. The van der Waals surface area contributed by atoms with Gasteiger partial charge in [-0.15, -0.1) is 5.10 Å². The first-order valence-electron chi connectivity index (χ1n) is 13.2. The van der Waals surface area contributed by atoms with E-state index in [1.165, 1.54) is 0 Å². The van der Waals surface area contributed by atoms with Crippen LogP contribution in [0.3, 0.4) is 0 Å². The molecule has 0 unspecified atom stereocenters. The lowest BCUT2D eigenvalue weighted by molar-refractivity contribution is -0.142. The topological polar surface area (TPSA) is 98.6 Å². The zero-order valence-corrected chi connectivity index (χ0v) is 22.5. The molecule has 39 heavy (non-hydrogen) atoms. The summed E-state index contributed by atoms with van der Waals surface area (Å²) in [5.41, 5.74) is 3.98. The number of fused-ring (bicyclic) bond motifs is 2. The van der Waals surface area contributed by atoms with Gasteiger partial charge in [0, 0.05) is 13.1 Å². The lowest BCUT2D eigenvalue weighted by atomic mass is 9.98. The molecule has 0 fully saturated rings. The molecule has 1 aromatic heterocycles. The van der Waals surface area contributed by atoms with Gasteiger partial charge in [-0.2, -0.15) is 0 Å². The molecule has 5 rings (SSSR count). The van der Waals surface area contributed by atoms with Crippen LogP contribution in [0.25, 0.3) is 11.0 Å². The van der Waals surface area contributed by atoms with Gasteiger partial charge in [0.2, 0.25) is 18.6 Å². The molecule has 9 heteroatoms. The second-order valence-corrected chi connectivity index (χ2v) is 10.2. The number of aryl methyl sites for hydroxylation is 1. The highest BCUT2D eigenvalue weighted by Gasteiger charge is 2.33. The zero-order valence-electron chi connectivity index (χ0n) is 22.5. The number of hydrogen-bond acceptors (Lipinski definition) is 6. The third-order valence-corrected chi connectivity index (χ3v) is 6.88. The third-order valence-electron chi connectivity index (χ3n) is 6.88. The molecule has 4 aromatic rings. The SMILES string of the molecule is Cc1ccccc1[C@@H](C(=O)NCCC(C)C)N(Cc1ccc2c(c1)OCO2)C(=O)Cn1nnc2ccccc21. The molecule has 9 nitrogen and oxygen atoms in total. The highest BCUT2D eigenvalue weighted by Crippen LogP contribution is 2.34. The Morgan fingerprint density at radius 2 is 1.79 bits per heavy atom. The van der Waals surface area contributed by atoms with Crippen LogP contribution in [0.4, 0.5) is 0 Å². The summed E-state index contributed by atoms with van der Waals surface area (Å²) in [5.74, 6) is 1.25. The van der Waals surface area contributed by atoms with E-state index in [9.17, 15) is 9.59 Å². The van der Waals surface area contributed by atoms with Crippen molar-refractivity contribution in [2.45, 2.75) is 46.3 Å². The number of hydrogen-bond donors (Lipinski definition) is 1. The van der Waals surface area contributed by atoms with Crippen LogP contribution in [0.15, 0.2) is 66.7 Å². The number of carbonyl (C=O) groups is 2. The minimum absolute atomic E-state index is 0.0628. The van der Waals surface area contributed by atoms with E-state index in [-0.39, 0.29) is 31.7 Å². The van der Waals surface area contributed by atoms with E-state index in [0.29, 0.717) is 29.5 Å². The fraction of sp³-hybridized carbons (Fsp3) is 0.333. The Balaban J connectivity index is 1.53. The molecule has 0 bridgehead atoms. The molecule has 1 N–H and O–H groups in total. The van der Waals surface area contributed by atoms with Crippen molar-refractivity contribution in [2.24, 2.45) is 5.92 Å². The second kappa shape index (κ2) is 11.6. The van der Waals surface area contributed by atoms with Gasteiger partial charge in [0.05, 0.1) is 5.52 Å². The highest BCUT2D eigenvalue weighted by atomic mass is 16.7. The van der Waals surface area contributed by atoms with Crippen LogP contribution in [0.5, 0.6) is 11.5 Å². The van der Waals surface area contributed by atoms with Crippen molar-refractivity contribution in [2.75, 3.05) is 13.3 Å². The van der Waals surface area contributed by atoms with Gasteiger partial charge in [0.1, 0.15) is 18.1 Å². The van der Waals surface area contributed by atoms with Crippen LogP contribution in [-0.4, -0.2) is 45.0 Å². The molecule has 0 saturated carbocycles. The monoisotopic (exact) mass is 527 g/mol. The molecule has 1 aliphatic rings. The van der Waals surface area contributed by atoms with Crippen molar-refractivity contribution in [3.8, 4) is 11.5 Å². The van der Waals surface area contributed by atoms with E-state index in [0.717, 1.165) is 28.6 Å². The van der Waals surface area contributed by atoms with Crippen LogP contribution >= 0.6 is 0 Å². The standard InChI is InChI=1S/C30H33N5O4/c1-20(2)14-15-31-30(37)29(23-9-5-4-8-21(23)3)34(17-22-12-13-26-27(16-22)39-19-38-26)28(36)18-35-25-11-7-6-10-24(25)32-33-35/h4-13,16,20,29H,14-15,17-19H2,1-3H3,(H,31,37)/t29-/m0/s1. The van der Waals surface area contributed by atoms with Crippen LogP contribution < -0.4 is 14.8 Å². The molecule has 1 atom stereocenters. The predicted molar refractivity (Wildman–Crippen MR) is 147 cm³/mol. The number of amides is 2. The van der Waals surface area contributed by atoms with Crippen LogP contribution in [0.2, 0.25) is 0 Å². The highest BCUT2D eigenvalue weighted by molar-refractivity contribution is 5.89. The number of carbonyl (C=O) groups excluding carboxylic acids is 2. The van der Waals surface area contributed by atoms with Gasteiger partial charge in [-0.25, -0.2) is 4.68 Å². The van der Waals surface area contributed by atoms with Gasteiger partial charge in [0.25, 0.3) is 0 Å². The summed E-state index contributed by atoms with van der Waals surface area (Å²) < 4.78 is 12.6. The van der Waals surface area contributed by atoms with E-state index in [1.807, 2.05) is 73.7 Å². The number of nitrogens with one attached hydrogen (secondary N) is 1. The average molecular weight is 528 g/mol. The number of para-hydroxylation sites is 1. The Hall–Kier alpha value is -4.40. The zero-order chi connectivity index (χ0) is 27.4. The van der Waals surface area contributed by atoms with Crippen LogP contribution in [0, 0.1) is 12.8 Å². The van der Waals surface area contributed by atoms with Gasteiger partial charge in [-0.05, 0) is 60.2 Å². The van der Waals surface area contributed by atoms with Gasteiger partial charge < -0.3 is 19.7 Å². The minimum atomic E-state index is -0.842. The van der Waals surface area contributed by atoms with E-state index in [2.05, 4.69) is 29.5 Å². The quantitative estimate of drug-likeness (QED) is 0.328. The van der Waals surface area contributed by atoms with Crippen molar-refractivity contribution in [3.63, 3.8) is 0 Å². The molecule has 0 aliphatic carbocycles. The summed E-state index contributed by atoms with van der Waals surface area (Å²) in [6.07, 6.45) is 0.841. The molecule has 1 aliphatic heterocycles. The molecular weight excluding hydrogens is 494 g/mol. The maximum Gasteiger partial charge on any atom is 0.247 e. The van der Waals surface area contributed by atoms with Crippen LogP contribution in [-0.2, 0) is 22.7 Å². The van der Waals surface area contributed by atoms with Crippen molar-refractivity contribution in [3.05, 3.63) is 83.4 Å². The van der Waals surface area contributed by atoms with Gasteiger partial charge >= 0.3 is 0 Å². The molecule has 2 heterocycles. The largest absolute Gasteiger partial charge is 0.454 e. The summed E-state index contributed by atoms with van der Waals surface area (Å²) in [4.78, 5) is 29.6. The summed E-state index contributed by atoms with van der Waals surface area (Å²) in [5, 5.41) is 11.5. The Morgan fingerprint density at radius 1 is 1.03 bits per heavy atom. The first kappa shape index (κ1) is 26.2. The Labute approximate surface area is 227 Å². The maximum atomic E-state index is 14.1. The molecule has 0 saturated heterocycles. The second-order valence-electron chi connectivity index (χ2n) is 10.2. The molecule has 0 spiro atoms. The van der Waals surface area contributed by atoms with Gasteiger partial charge in [-0.1, -0.05) is 61.5 Å². The Bertz CT molecular complexity index is 1480. The first-order valence-corrected chi connectivity index (χ1v) is 13.2. The molecule has 2 amide bonds. The summed E-state index contributed by atoms with van der Waals surface area (Å²) >= 11 is 0. The van der Waals surface area contributed by atoms with Crippen molar-refractivity contribution in [1.29, 1.82) is 0 Å². The number of nitrogens with zero attached hydrogens (tertiary/aromatic N) is 4. The van der Waals surface area contributed by atoms with Crippen LogP contribution in [0.1, 0.15) is 43.0 Å². The third kappa shape index (κ3) is 5.87. The normalized spacial score (nSPS) is 13.0. The number of benzene rings is 3. The molecule has 0 radical (unpaired) electrons. The average Bonchev–Trinajstić information content (AvgIpc) is 3.56. The lowest BCUT2D eigenvalue weighted by Crippen LogP contribution is -2.45.